The molecule has 6 heteroatoms. The summed E-state index contributed by atoms with van der Waals surface area (Å²) in [7, 11) is 3.84. The monoisotopic (exact) mass is 338 g/mol. The molecule has 1 aromatic carbocycles. The Morgan fingerprint density at radius 1 is 1.24 bits per heavy atom. The van der Waals surface area contributed by atoms with Crippen LogP contribution >= 0.6 is 0 Å². The number of carbonyl (C=O) groups is 1. The maximum atomic E-state index is 12.5. The number of amides is 1. The number of morpholine rings is 1. The van der Waals surface area contributed by atoms with Crippen molar-refractivity contribution < 1.29 is 9.53 Å². The molecule has 1 amide bonds. The second-order valence-corrected chi connectivity index (χ2v) is 6.05. The zero-order valence-corrected chi connectivity index (χ0v) is 14.5. The van der Waals surface area contributed by atoms with Gasteiger partial charge >= 0.3 is 0 Å². The summed E-state index contributed by atoms with van der Waals surface area (Å²) in [6, 6.07) is 9.79. The van der Waals surface area contributed by atoms with Gasteiger partial charge in [0.15, 0.2) is 5.82 Å². The largest absolute Gasteiger partial charge is 0.368 e. The molecule has 2 heterocycles. The number of hydrogen-bond donors (Lipinski definition) is 0. The van der Waals surface area contributed by atoms with Gasteiger partial charge in [0.05, 0.1) is 13.2 Å². The number of hydrogen-bond acceptors (Lipinski definition) is 5. The van der Waals surface area contributed by atoms with E-state index in [-0.39, 0.29) is 12.0 Å². The van der Waals surface area contributed by atoms with Crippen LogP contribution in [-0.4, -0.2) is 54.6 Å². The van der Waals surface area contributed by atoms with Gasteiger partial charge in [0.25, 0.3) is 0 Å². The van der Waals surface area contributed by atoms with E-state index in [0.717, 1.165) is 17.1 Å². The Balaban J connectivity index is 1.71. The van der Waals surface area contributed by atoms with Crippen LogP contribution in [0.3, 0.4) is 0 Å². The lowest BCUT2D eigenvalue weighted by atomic mass is 10.1. The van der Waals surface area contributed by atoms with E-state index in [0.29, 0.717) is 19.7 Å². The lowest BCUT2D eigenvalue weighted by Crippen LogP contribution is -2.42. The first-order valence-electron chi connectivity index (χ1n) is 8.27. The number of carbonyl (C=O) groups excluding carboxylic acids is 1. The molecule has 0 spiro atoms. The van der Waals surface area contributed by atoms with Gasteiger partial charge in [-0.05, 0) is 11.6 Å². The number of ether oxygens (including phenoxy) is 1. The van der Waals surface area contributed by atoms with Gasteiger partial charge in [-0.25, -0.2) is 4.98 Å². The van der Waals surface area contributed by atoms with Crippen molar-refractivity contribution in [2.24, 2.45) is 0 Å². The van der Waals surface area contributed by atoms with E-state index in [4.69, 9.17) is 4.74 Å². The molecule has 0 bridgehead atoms. The summed E-state index contributed by atoms with van der Waals surface area (Å²) in [5.41, 5.74) is 1.77. The third-order valence-electron chi connectivity index (χ3n) is 4.03. The molecule has 1 unspecified atom stereocenters. The van der Waals surface area contributed by atoms with Crippen LogP contribution in [0.15, 0.2) is 48.8 Å². The predicted molar refractivity (Wildman–Crippen MR) is 97.1 cm³/mol. The van der Waals surface area contributed by atoms with Crippen molar-refractivity contribution in [3.8, 4) is 0 Å². The molecule has 1 aliphatic rings. The molecule has 6 nitrogen and oxygen atoms in total. The highest BCUT2D eigenvalue weighted by molar-refractivity contribution is 5.91. The van der Waals surface area contributed by atoms with Crippen molar-refractivity contribution in [2.45, 2.75) is 6.10 Å². The van der Waals surface area contributed by atoms with Gasteiger partial charge in [-0.3, -0.25) is 9.78 Å². The molecule has 25 heavy (non-hydrogen) atoms. The van der Waals surface area contributed by atoms with Crippen molar-refractivity contribution in [3.05, 3.63) is 60.1 Å². The number of nitrogens with zero attached hydrogens (tertiary/aromatic N) is 4. The molecular weight excluding hydrogens is 316 g/mol. The molecule has 3 rings (SSSR count). The lowest BCUT2D eigenvalue weighted by molar-refractivity contribution is -0.133. The molecule has 1 atom stereocenters. The number of benzene rings is 1. The summed E-state index contributed by atoms with van der Waals surface area (Å²) < 4.78 is 5.85. The van der Waals surface area contributed by atoms with Gasteiger partial charge in [-0.1, -0.05) is 30.3 Å². The highest BCUT2D eigenvalue weighted by Gasteiger charge is 2.28. The molecule has 0 N–H and O–H groups in total. The highest BCUT2D eigenvalue weighted by atomic mass is 16.5. The molecule has 1 aliphatic heterocycles. The predicted octanol–water partition coefficient (Wildman–Crippen LogP) is 2.16. The smallest absolute Gasteiger partial charge is 0.246 e. The zero-order chi connectivity index (χ0) is 17.6. The fourth-order valence-electron chi connectivity index (χ4n) is 2.77. The third-order valence-corrected chi connectivity index (χ3v) is 4.03. The summed E-state index contributed by atoms with van der Waals surface area (Å²) in [5, 5.41) is 0. The minimum Gasteiger partial charge on any atom is -0.368 e. The van der Waals surface area contributed by atoms with Crippen molar-refractivity contribution in [1.82, 2.24) is 14.9 Å². The highest BCUT2D eigenvalue weighted by Crippen LogP contribution is 2.26. The normalized spacial score (nSPS) is 17.7. The fraction of sp³-hybridized carbons (Fsp3) is 0.316. The van der Waals surface area contributed by atoms with E-state index in [1.807, 2.05) is 55.4 Å². The van der Waals surface area contributed by atoms with Crippen LogP contribution in [0.5, 0.6) is 0 Å². The lowest BCUT2D eigenvalue weighted by Gasteiger charge is -2.33. The fourth-order valence-corrected chi connectivity index (χ4v) is 2.77. The minimum absolute atomic E-state index is 0.0209. The standard InChI is InChI=1S/C19H22N4O2/c1-22(2)19-18(20-10-11-21-19)16-14-23(12-13-25-16)17(24)9-8-15-6-4-3-5-7-15/h3-11,16H,12-14H2,1-2H3/b9-8+. The summed E-state index contributed by atoms with van der Waals surface area (Å²) in [5.74, 6) is 0.745. The third kappa shape index (κ3) is 4.22. The Morgan fingerprint density at radius 2 is 2.00 bits per heavy atom. The molecule has 2 aromatic rings. The van der Waals surface area contributed by atoms with Gasteiger partial charge < -0.3 is 14.5 Å². The van der Waals surface area contributed by atoms with Crippen molar-refractivity contribution >= 4 is 17.8 Å². The molecule has 1 aromatic heterocycles. The minimum atomic E-state index is -0.270. The number of anilines is 1. The van der Waals surface area contributed by atoms with E-state index in [9.17, 15) is 4.79 Å². The molecule has 1 saturated heterocycles. The Morgan fingerprint density at radius 3 is 2.76 bits per heavy atom. The SMILES string of the molecule is CN(C)c1nccnc1C1CN(C(=O)/C=C/c2ccccc2)CCO1. The average molecular weight is 338 g/mol. The van der Waals surface area contributed by atoms with E-state index in [1.165, 1.54) is 0 Å². The maximum Gasteiger partial charge on any atom is 0.246 e. The summed E-state index contributed by atoms with van der Waals surface area (Å²) >= 11 is 0. The van der Waals surface area contributed by atoms with Crippen LogP contribution in [0.1, 0.15) is 17.4 Å². The van der Waals surface area contributed by atoms with Gasteiger partial charge in [-0.15, -0.1) is 0 Å². The van der Waals surface area contributed by atoms with Crippen molar-refractivity contribution in [2.75, 3.05) is 38.7 Å². The van der Waals surface area contributed by atoms with Gasteiger partial charge in [-0.2, -0.15) is 0 Å². The molecule has 130 valence electrons. The second kappa shape index (κ2) is 7.90. The summed E-state index contributed by atoms with van der Waals surface area (Å²) in [6.45, 7) is 1.53. The Labute approximate surface area is 147 Å². The molecular formula is C19H22N4O2. The Hall–Kier alpha value is -2.73. The van der Waals surface area contributed by atoms with Crippen LogP contribution < -0.4 is 4.90 Å². The quantitative estimate of drug-likeness (QED) is 0.800. The average Bonchev–Trinajstić information content (AvgIpc) is 2.67. The van der Waals surface area contributed by atoms with E-state index >= 15 is 0 Å². The van der Waals surface area contributed by atoms with Gasteiger partial charge in [0, 0.05) is 39.1 Å². The van der Waals surface area contributed by atoms with Crippen LogP contribution in [-0.2, 0) is 9.53 Å². The van der Waals surface area contributed by atoms with E-state index in [2.05, 4.69) is 9.97 Å². The van der Waals surface area contributed by atoms with E-state index < -0.39 is 0 Å². The van der Waals surface area contributed by atoms with Crippen LogP contribution in [0.4, 0.5) is 5.82 Å². The van der Waals surface area contributed by atoms with Crippen molar-refractivity contribution in [1.29, 1.82) is 0 Å². The van der Waals surface area contributed by atoms with Gasteiger partial charge in [0.2, 0.25) is 5.91 Å². The topological polar surface area (TPSA) is 58.6 Å². The molecule has 0 aliphatic carbocycles. The molecule has 0 radical (unpaired) electrons. The Bertz CT molecular complexity index is 746. The van der Waals surface area contributed by atoms with Crippen LogP contribution in [0, 0.1) is 0 Å². The van der Waals surface area contributed by atoms with Crippen molar-refractivity contribution in [3.63, 3.8) is 0 Å². The number of rotatable bonds is 4. The van der Waals surface area contributed by atoms with Gasteiger partial charge in [0.1, 0.15) is 11.8 Å². The zero-order valence-electron chi connectivity index (χ0n) is 14.5. The first-order valence-corrected chi connectivity index (χ1v) is 8.27. The molecule has 0 saturated carbocycles. The molecule has 1 fully saturated rings. The first kappa shape index (κ1) is 17.1. The number of aromatic nitrogens is 2. The van der Waals surface area contributed by atoms with Crippen LogP contribution in [0.2, 0.25) is 0 Å². The Kier molecular flexibility index (Phi) is 5.40. The van der Waals surface area contributed by atoms with Crippen LogP contribution in [0.25, 0.3) is 6.08 Å². The summed E-state index contributed by atoms with van der Waals surface area (Å²) in [6.07, 6.45) is 6.49. The second-order valence-electron chi connectivity index (χ2n) is 6.05. The summed E-state index contributed by atoms with van der Waals surface area (Å²) in [4.78, 5) is 25.0. The maximum absolute atomic E-state index is 12.5. The first-order chi connectivity index (χ1) is 12.1. The van der Waals surface area contributed by atoms with E-state index in [1.54, 1.807) is 23.4 Å².